The molecule has 0 bridgehead atoms. The average Bonchev–Trinajstić information content (AvgIpc) is 2.36. The Morgan fingerprint density at radius 2 is 2.58 bits per heavy atom. The van der Waals surface area contributed by atoms with Gasteiger partial charge in [-0.3, -0.25) is 10.00 Å². The highest BCUT2D eigenvalue weighted by Crippen LogP contribution is 2.00. The number of carbonyl (C=O) groups excluding carboxylic acids is 1. The van der Waals surface area contributed by atoms with Gasteiger partial charge in [-0.25, -0.2) is 4.79 Å². The summed E-state index contributed by atoms with van der Waals surface area (Å²) >= 11 is 0. The van der Waals surface area contributed by atoms with Crippen molar-refractivity contribution in [1.82, 2.24) is 9.78 Å². The van der Waals surface area contributed by atoms with Crippen molar-refractivity contribution in [2.45, 2.75) is 6.92 Å². The molecule has 5 heteroatoms. The lowest BCUT2D eigenvalue weighted by molar-refractivity contribution is 0.168. The molecule has 1 aromatic rings. The Kier molecular flexibility index (Phi) is 2.68. The number of ether oxygens (including phenoxy) is 1. The molecule has 66 valence electrons. The molecule has 0 aliphatic heterocycles. The van der Waals surface area contributed by atoms with Gasteiger partial charge < -0.3 is 4.74 Å². The maximum absolute atomic E-state index is 10.8. The van der Waals surface area contributed by atoms with Gasteiger partial charge in [0.15, 0.2) is 5.82 Å². The molecule has 0 spiro atoms. The Morgan fingerprint density at radius 1 is 1.83 bits per heavy atom. The molecule has 1 aromatic heterocycles. The van der Waals surface area contributed by atoms with Crippen molar-refractivity contribution in [3.63, 3.8) is 0 Å². The van der Waals surface area contributed by atoms with E-state index in [4.69, 9.17) is 0 Å². The van der Waals surface area contributed by atoms with Crippen LogP contribution in [-0.4, -0.2) is 22.5 Å². The third-order valence-electron chi connectivity index (χ3n) is 1.22. The molecule has 1 N–H and O–H groups in total. The SMILES string of the molecule is CCOC(=O)Nc1ccn(C)n1. The molecule has 1 amide bonds. The summed E-state index contributed by atoms with van der Waals surface area (Å²) < 4.78 is 6.25. The first-order valence-electron chi connectivity index (χ1n) is 3.66. The van der Waals surface area contributed by atoms with Gasteiger partial charge in [0.1, 0.15) is 0 Å². The number of nitrogens with zero attached hydrogens (tertiary/aromatic N) is 2. The van der Waals surface area contributed by atoms with Gasteiger partial charge >= 0.3 is 6.09 Å². The van der Waals surface area contributed by atoms with E-state index < -0.39 is 6.09 Å². The van der Waals surface area contributed by atoms with Crippen LogP contribution in [0.4, 0.5) is 10.6 Å². The van der Waals surface area contributed by atoms with Crippen molar-refractivity contribution < 1.29 is 9.53 Å². The minimum absolute atomic E-state index is 0.360. The summed E-state index contributed by atoms with van der Waals surface area (Å²) in [5, 5.41) is 6.41. The number of carbonyl (C=O) groups is 1. The van der Waals surface area contributed by atoms with Crippen LogP contribution in [0.25, 0.3) is 0 Å². The van der Waals surface area contributed by atoms with Crippen LogP contribution in [0.1, 0.15) is 6.92 Å². The summed E-state index contributed by atoms with van der Waals surface area (Å²) in [7, 11) is 1.77. The highest BCUT2D eigenvalue weighted by atomic mass is 16.5. The Bertz CT molecular complexity index is 269. The number of aryl methyl sites for hydroxylation is 1. The molecule has 12 heavy (non-hydrogen) atoms. The second-order valence-electron chi connectivity index (χ2n) is 2.22. The van der Waals surface area contributed by atoms with Crippen LogP contribution in [-0.2, 0) is 11.8 Å². The fourth-order valence-corrected chi connectivity index (χ4v) is 0.753. The predicted octanol–water partition coefficient (Wildman–Crippen LogP) is 0.988. The number of hydrogen-bond donors (Lipinski definition) is 1. The van der Waals surface area contributed by atoms with Crippen LogP contribution in [0, 0.1) is 0 Å². The molecule has 0 aliphatic carbocycles. The summed E-state index contributed by atoms with van der Waals surface area (Å²) in [4.78, 5) is 10.8. The summed E-state index contributed by atoms with van der Waals surface area (Å²) in [6, 6.07) is 1.69. The maximum Gasteiger partial charge on any atom is 0.412 e. The molecule has 0 aliphatic rings. The second-order valence-corrected chi connectivity index (χ2v) is 2.22. The highest BCUT2D eigenvalue weighted by molar-refractivity contribution is 5.83. The smallest absolute Gasteiger partial charge is 0.412 e. The minimum atomic E-state index is -0.476. The molecule has 0 fully saturated rings. The van der Waals surface area contributed by atoms with E-state index >= 15 is 0 Å². The predicted molar refractivity (Wildman–Crippen MR) is 43.9 cm³/mol. The third-order valence-corrected chi connectivity index (χ3v) is 1.22. The molecular formula is C7H11N3O2. The summed E-state index contributed by atoms with van der Waals surface area (Å²) in [6.07, 6.45) is 1.26. The highest BCUT2D eigenvalue weighted by Gasteiger charge is 2.02. The molecule has 0 unspecified atom stereocenters. The minimum Gasteiger partial charge on any atom is -0.450 e. The van der Waals surface area contributed by atoms with Crippen molar-refractivity contribution in [2.24, 2.45) is 7.05 Å². The van der Waals surface area contributed by atoms with Crippen LogP contribution in [0.2, 0.25) is 0 Å². The molecule has 1 heterocycles. The van der Waals surface area contributed by atoms with E-state index in [0.717, 1.165) is 0 Å². The number of hydrogen-bond acceptors (Lipinski definition) is 3. The molecule has 0 saturated carbocycles. The van der Waals surface area contributed by atoms with Gasteiger partial charge in [0, 0.05) is 19.3 Å². The normalized spacial score (nSPS) is 9.50. The summed E-state index contributed by atoms with van der Waals surface area (Å²) in [5.74, 6) is 0.496. The zero-order valence-corrected chi connectivity index (χ0v) is 7.07. The molecule has 0 radical (unpaired) electrons. The monoisotopic (exact) mass is 169 g/mol. The average molecular weight is 169 g/mol. The van der Waals surface area contributed by atoms with Crippen molar-refractivity contribution in [1.29, 1.82) is 0 Å². The molecule has 0 saturated heterocycles. The lowest BCUT2D eigenvalue weighted by Crippen LogP contribution is -2.13. The van der Waals surface area contributed by atoms with Gasteiger partial charge in [-0.2, -0.15) is 5.10 Å². The number of amides is 1. The Balaban J connectivity index is 2.46. The fourth-order valence-electron chi connectivity index (χ4n) is 0.753. The van der Waals surface area contributed by atoms with Crippen molar-refractivity contribution in [2.75, 3.05) is 11.9 Å². The largest absolute Gasteiger partial charge is 0.450 e. The van der Waals surface area contributed by atoms with Crippen molar-refractivity contribution >= 4 is 11.9 Å². The summed E-state index contributed by atoms with van der Waals surface area (Å²) in [6.45, 7) is 2.11. The number of aromatic nitrogens is 2. The molecular weight excluding hydrogens is 158 g/mol. The molecule has 1 rings (SSSR count). The first-order chi connectivity index (χ1) is 5.72. The van der Waals surface area contributed by atoms with E-state index in [0.29, 0.717) is 12.4 Å². The Hall–Kier alpha value is -1.52. The number of anilines is 1. The van der Waals surface area contributed by atoms with Gasteiger partial charge in [-0.05, 0) is 6.92 Å². The topological polar surface area (TPSA) is 56.1 Å². The third kappa shape index (κ3) is 2.26. The zero-order chi connectivity index (χ0) is 8.97. The first kappa shape index (κ1) is 8.58. The van der Waals surface area contributed by atoms with Crippen LogP contribution in [0.5, 0.6) is 0 Å². The number of rotatable bonds is 2. The standard InChI is InChI=1S/C7H11N3O2/c1-3-12-7(11)8-6-4-5-10(2)9-6/h4-5H,3H2,1-2H3,(H,8,9,11). The lowest BCUT2D eigenvalue weighted by Gasteiger charge is -2.00. The maximum atomic E-state index is 10.8. The molecule has 0 aromatic carbocycles. The second kappa shape index (κ2) is 3.75. The zero-order valence-electron chi connectivity index (χ0n) is 7.07. The van der Waals surface area contributed by atoms with E-state index in [9.17, 15) is 4.79 Å². The van der Waals surface area contributed by atoms with Crippen LogP contribution < -0.4 is 5.32 Å². The van der Waals surface area contributed by atoms with E-state index in [1.807, 2.05) is 0 Å². The lowest BCUT2D eigenvalue weighted by atomic mass is 10.6. The van der Waals surface area contributed by atoms with Gasteiger partial charge in [0.25, 0.3) is 0 Å². The molecule has 5 nitrogen and oxygen atoms in total. The summed E-state index contributed by atoms with van der Waals surface area (Å²) in [5.41, 5.74) is 0. The van der Waals surface area contributed by atoms with Crippen LogP contribution in [0.3, 0.4) is 0 Å². The van der Waals surface area contributed by atoms with Gasteiger partial charge in [0.05, 0.1) is 6.61 Å². The van der Waals surface area contributed by atoms with E-state index in [2.05, 4.69) is 15.2 Å². The van der Waals surface area contributed by atoms with E-state index in [-0.39, 0.29) is 0 Å². The molecule has 0 atom stereocenters. The fraction of sp³-hybridized carbons (Fsp3) is 0.429. The first-order valence-corrected chi connectivity index (χ1v) is 3.66. The van der Waals surface area contributed by atoms with Crippen molar-refractivity contribution in [3.8, 4) is 0 Å². The van der Waals surface area contributed by atoms with E-state index in [1.54, 1.807) is 30.9 Å². The van der Waals surface area contributed by atoms with Gasteiger partial charge in [-0.15, -0.1) is 0 Å². The Morgan fingerprint density at radius 3 is 3.08 bits per heavy atom. The van der Waals surface area contributed by atoms with Crippen LogP contribution >= 0.6 is 0 Å². The van der Waals surface area contributed by atoms with Gasteiger partial charge in [-0.1, -0.05) is 0 Å². The van der Waals surface area contributed by atoms with Crippen LogP contribution in [0.15, 0.2) is 12.3 Å². The van der Waals surface area contributed by atoms with Crippen molar-refractivity contribution in [3.05, 3.63) is 12.3 Å². The Labute approximate surface area is 70.3 Å². The van der Waals surface area contributed by atoms with E-state index in [1.165, 1.54) is 0 Å². The quantitative estimate of drug-likeness (QED) is 0.718. The van der Waals surface area contributed by atoms with Gasteiger partial charge in [0.2, 0.25) is 0 Å². The number of nitrogens with one attached hydrogen (secondary N) is 1.